The molecule has 1 amide bonds. The first-order valence-electron chi connectivity index (χ1n) is 5.36. The van der Waals surface area contributed by atoms with E-state index in [9.17, 15) is 9.59 Å². The number of ether oxygens (including phenoxy) is 2. The van der Waals surface area contributed by atoms with Crippen LogP contribution in [-0.4, -0.2) is 29.3 Å². The van der Waals surface area contributed by atoms with Crippen molar-refractivity contribution in [3.8, 4) is 11.5 Å². The van der Waals surface area contributed by atoms with Crippen molar-refractivity contribution >= 4 is 11.9 Å². The Balaban J connectivity index is 2.26. The number of carboxylic acid groups (broad SMARTS) is 1. The largest absolute Gasteiger partial charge is 0.480 e. The Bertz CT molecular complexity index is 509. The number of carbonyl (C=O) groups is 2. The number of para-hydroxylation sites is 1. The summed E-state index contributed by atoms with van der Waals surface area (Å²) in [5.41, 5.74) is -1.08. The number of fused-ring (bicyclic) bond motifs is 1. The lowest BCUT2D eigenvalue weighted by Crippen LogP contribution is -2.49. The lowest BCUT2D eigenvalue weighted by Gasteiger charge is -2.21. The molecule has 0 spiro atoms. The molecule has 1 aromatic rings. The maximum absolute atomic E-state index is 12.0. The van der Waals surface area contributed by atoms with E-state index in [1.165, 1.54) is 13.8 Å². The van der Waals surface area contributed by atoms with E-state index in [-0.39, 0.29) is 12.4 Å². The van der Waals surface area contributed by atoms with Gasteiger partial charge in [-0.3, -0.25) is 4.79 Å². The highest BCUT2D eigenvalue weighted by molar-refractivity contribution is 6.00. The van der Waals surface area contributed by atoms with E-state index in [0.717, 1.165) is 0 Å². The Labute approximate surface area is 104 Å². The molecule has 1 aliphatic rings. The fourth-order valence-corrected chi connectivity index (χ4v) is 1.51. The van der Waals surface area contributed by atoms with Gasteiger partial charge < -0.3 is 19.9 Å². The molecule has 18 heavy (non-hydrogen) atoms. The van der Waals surface area contributed by atoms with Crippen LogP contribution in [0, 0.1) is 0 Å². The van der Waals surface area contributed by atoms with Crippen LogP contribution in [0.3, 0.4) is 0 Å². The van der Waals surface area contributed by atoms with Crippen LogP contribution in [-0.2, 0) is 4.79 Å². The number of carbonyl (C=O) groups excluding carboxylic acids is 1. The van der Waals surface area contributed by atoms with Crippen LogP contribution in [0.2, 0.25) is 0 Å². The molecule has 0 aliphatic carbocycles. The number of hydrogen-bond acceptors (Lipinski definition) is 4. The molecule has 2 N–H and O–H groups in total. The zero-order valence-corrected chi connectivity index (χ0v) is 10.0. The van der Waals surface area contributed by atoms with Gasteiger partial charge in [-0.25, -0.2) is 4.79 Å². The van der Waals surface area contributed by atoms with E-state index < -0.39 is 17.4 Å². The summed E-state index contributed by atoms with van der Waals surface area (Å²) >= 11 is 0. The molecule has 96 valence electrons. The Morgan fingerprint density at radius 1 is 1.33 bits per heavy atom. The molecule has 0 fully saturated rings. The molecule has 0 bridgehead atoms. The van der Waals surface area contributed by atoms with Crippen molar-refractivity contribution in [1.29, 1.82) is 0 Å². The van der Waals surface area contributed by atoms with Crippen LogP contribution in [0.1, 0.15) is 24.2 Å². The summed E-state index contributed by atoms with van der Waals surface area (Å²) in [5.74, 6) is -0.794. The first-order valence-corrected chi connectivity index (χ1v) is 5.36. The Hall–Kier alpha value is -2.24. The minimum atomic E-state index is -1.35. The molecule has 1 aromatic carbocycles. The van der Waals surface area contributed by atoms with E-state index in [2.05, 4.69) is 5.32 Å². The monoisotopic (exact) mass is 251 g/mol. The second-order valence-electron chi connectivity index (χ2n) is 4.42. The quantitative estimate of drug-likeness (QED) is 0.837. The summed E-state index contributed by atoms with van der Waals surface area (Å²) in [6.07, 6.45) is 0. The van der Waals surface area contributed by atoms with Gasteiger partial charge >= 0.3 is 5.97 Å². The van der Waals surface area contributed by atoms with Crippen LogP contribution in [0.5, 0.6) is 11.5 Å². The molecule has 0 radical (unpaired) electrons. The summed E-state index contributed by atoms with van der Waals surface area (Å²) < 4.78 is 10.3. The first-order chi connectivity index (χ1) is 8.42. The van der Waals surface area contributed by atoms with E-state index in [0.29, 0.717) is 11.5 Å². The fraction of sp³-hybridized carbons (Fsp3) is 0.333. The van der Waals surface area contributed by atoms with E-state index >= 15 is 0 Å². The first kappa shape index (κ1) is 12.2. The Morgan fingerprint density at radius 3 is 2.72 bits per heavy atom. The second kappa shape index (κ2) is 4.21. The van der Waals surface area contributed by atoms with Gasteiger partial charge in [0.05, 0.1) is 5.56 Å². The number of nitrogens with one attached hydrogen (secondary N) is 1. The third-order valence-electron chi connectivity index (χ3n) is 2.60. The predicted octanol–water partition coefficient (Wildman–Crippen LogP) is 1.01. The van der Waals surface area contributed by atoms with Crippen molar-refractivity contribution in [1.82, 2.24) is 5.32 Å². The average Bonchev–Trinajstić information content (AvgIpc) is 2.75. The number of amides is 1. The van der Waals surface area contributed by atoms with E-state index in [1.807, 2.05) is 0 Å². The lowest BCUT2D eigenvalue weighted by molar-refractivity contribution is -0.143. The predicted molar refractivity (Wildman–Crippen MR) is 61.7 cm³/mol. The topological polar surface area (TPSA) is 84.9 Å². The third-order valence-corrected chi connectivity index (χ3v) is 2.60. The van der Waals surface area contributed by atoms with Crippen molar-refractivity contribution in [2.24, 2.45) is 0 Å². The maximum atomic E-state index is 12.0. The molecule has 0 atom stereocenters. The van der Waals surface area contributed by atoms with Gasteiger partial charge in [0.25, 0.3) is 5.91 Å². The minimum absolute atomic E-state index is 0.0575. The van der Waals surface area contributed by atoms with Crippen molar-refractivity contribution in [3.63, 3.8) is 0 Å². The van der Waals surface area contributed by atoms with Gasteiger partial charge in [-0.05, 0) is 26.0 Å². The summed E-state index contributed by atoms with van der Waals surface area (Å²) in [6.45, 7) is 2.88. The van der Waals surface area contributed by atoms with Gasteiger partial charge in [0.2, 0.25) is 6.79 Å². The van der Waals surface area contributed by atoms with Gasteiger partial charge in [0.15, 0.2) is 11.5 Å². The maximum Gasteiger partial charge on any atom is 0.328 e. The molecule has 1 aliphatic heterocycles. The Kier molecular flexibility index (Phi) is 2.86. The lowest BCUT2D eigenvalue weighted by atomic mass is 10.0. The number of hydrogen-bond donors (Lipinski definition) is 2. The third kappa shape index (κ3) is 2.09. The number of aliphatic carboxylic acids is 1. The van der Waals surface area contributed by atoms with E-state index in [4.69, 9.17) is 14.6 Å². The fourth-order valence-electron chi connectivity index (χ4n) is 1.51. The molecular formula is C12H13NO5. The molecular weight excluding hydrogens is 238 g/mol. The summed E-state index contributed by atoms with van der Waals surface area (Å²) in [5, 5.41) is 11.4. The normalized spacial score (nSPS) is 13.2. The zero-order chi connectivity index (χ0) is 13.3. The summed E-state index contributed by atoms with van der Waals surface area (Å²) in [6, 6.07) is 4.89. The number of benzene rings is 1. The van der Waals surface area contributed by atoms with Gasteiger partial charge in [-0.1, -0.05) is 6.07 Å². The molecule has 6 nitrogen and oxygen atoms in total. The molecule has 0 saturated carbocycles. The van der Waals surface area contributed by atoms with Gasteiger partial charge in [-0.15, -0.1) is 0 Å². The number of rotatable bonds is 3. The standard InChI is InChI=1S/C12H13NO5/c1-12(2,11(15)16)13-10(14)7-4-3-5-8-9(7)18-6-17-8/h3-5H,6H2,1-2H3,(H,13,14)(H,15,16). The SMILES string of the molecule is CC(C)(NC(=O)c1cccc2c1OCO2)C(=O)O. The van der Waals surface area contributed by atoms with Crippen LogP contribution >= 0.6 is 0 Å². The van der Waals surface area contributed by atoms with Crippen LogP contribution in [0.15, 0.2) is 18.2 Å². The van der Waals surface area contributed by atoms with Crippen molar-refractivity contribution in [3.05, 3.63) is 23.8 Å². The van der Waals surface area contributed by atoms with Crippen LogP contribution in [0.25, 0.3) is 0 Å². The number of carboxylic acids is 1. The highest BCUT2D eigenvalue weighted by atomic mass is 16.7. The molecule has 0 saturated heterocycles. The van der Waals surface area contributed by atoms with Crippen molar-refractivity contribution in [2.45, 2.75) is 19.4 Å². The van der Waals surface area contributed by atoms with E-state index in [1.54, 1.807) is 18.2 Å². The smallest absolute Gasteiger partial charge is 0.328 e. The molecule has 6 heteroatoms. The van der Waals surface area contributed by atoms with Crippen molar-refractivity contribution < 1.29 is 24.2 Å². The van der Waals surface area contributed by atoms with Crippen LogP contribution in [0.4, 0.5) is 0 Å². The molecule has 2 rings (SSSR count). The highest BCUT2D eigenvalue weighted by Gasteiger charge is 2.31. The Morgan fingerprint density at radius 2 is 2.06 bits per heavy atom. The molecule has 0 aromatic heterocycles. The highest BCUT2D eigenvalue weighted by Crippen LogP contribution is 2.35. The summed E-state index contributed by atoms with van der Waals surface area (Å²) in [4.78, 5) is 23.0. The molecule has 1 heterocycles. The van der Waals surface area contributed by atoms with Gasteiger partial charge in [0, 0.05) is 0 Å². The second-order valence-corrected chi connectivity index (χ2v) is 4.42. The van der Waals surface area contributed by atoms with Gasteiger partial charge in [-0.2, -0.15) is 0 Å². The minimum Gasteiger partial charge on any atom is -0.480 e. The molecule has 0 unspecified atom stereocenters. The van der Waals surface area contributed by atoms with Gasteiger partial charge in [0.1, 0.15) is 5.54 Å². The van der Waals surface area contributed by atoms with Crippen molar-refractivity contribution in [2.75, 3.05) is 6.79 Å². The zero-order valence-electron chi connectivity index (χ0n) is 10.0. The summed E-state index contributed by atoms with van der Waals surface area (Å²) in [7, 11) is 0. The average molecular weight is 251 g/mol. The van der Waals surface area contributed by atoms with Crippen LogP contribution < -0.4 is 14.8 Å².